The summed E-state index contributed by atoms with van der Waals surface area (Å²) in [6.45, 7) is -3.06. The van der Waals surface area contributed by atoms with Crippen LogP contribution < -0.4 is 14.2 Å². The SMILES string of the molecule is COc1cc(/C=C/C(=O)c2cccc(OC(F)F)c2)ccc1OCC#N. The maximum Gasteiger partial charge on any atom is 0.387 e. The summed E-state index contributed by atoms with van der Waals surface area (Å²) in [6.07, 6.45) is 2.87. The molecule has 5 nitrogen and oxygen atoms in total. The van der Waals surface area contributed by atoms with Crippen LogP contribution in [0.2, 0.25) is 0 Å². The smallest absolute Gasteiger partial charge is 0.387 e. The summed E-state index contributed by atoms with van der Waals surface area (Å²) in [5, 5.41) is 8.55. The lowest BCUT2D eigenvalue weighted by molar-refractivity contribution is -0.0498. The number of hydrogen-bond donors (Lipinski definition) is 0. The van der Waals surface area contributed by atoms with Crippen molar-refractivity contribution in [2.75, 3.05) is 13.7 Å². The Morgan fingerprint density at radius 1 is 1.23 bits per heavy atom. The van der Waals surface area contributed by atoms with E-state index >= 15 is 0 Å². The molecule has 0 saturated heterocycles. The summed E-state index contributed by atoms with van der Waals surface area (Å²) in [5.41, 5.74) is 0.889. The van der Waals surface area contributed by atoms with Crippen molar-refractivity contribution in [1.82, 2.24) is 0 Å². The van der Waals surface area contributed by atoms with Crippen molar-refractivity contribution in [2.24, 2.45) is 0 Å². The van der Waals surface area contributed by atoms with Gasteiger partial charge in [0, 0.05) is 5.56 Å². The van der Waals surface area contributed by atoms with Gasteiger partial charge in [-0.25, -0.2) is 0 Å². The number of nitrogens with zero attached hydrogens (tertiary/aromatic N) is 1. The third-order valence-electron chi connectivity index (χ3n) is 3.25. The largest absolute Gasteiger partial charge is 0.493 e. The van der Waals surface area contributed by atoms with Crippen LogP contribution in [0.1, 0.15) is 15.9 Å². The minimum absolute atomic E-state index is 0.0834. The Labute approximate surface area is 149 Å². The van der Waals surface area contributed by atoms with E-state index in [9.17, 15) is 13.6 Å². The third kappa shape index (κ3) is 5.31. The zero-order chi connectivity index (χ0) is 18.9. The number of allylic oxidation sites excluding steroid dienone is 1. The second-order valence-electron chi connectivity index (χ2n) is 4.96. The van der Waals surface area contributed by atoms with Crippen LogP contribution in [0.3, 0.4) is 0 Å². The number of hydrogen-bond acceptors (Lipinski definition) is 5. The van der Waals surface area contributed by atoms with E-state index in [4.69, 9.17) is 14.7 Å². The highest BCUT2D eigenvalue weighted by Crippen LogP contribution is 2.28. The van der Waals surface area contributed by atoms with Crippen molar-refractivity contribution >= 4 is 11.9 Å². The summed E-state index contributed by atoms with van der Waals surface area (Å²) < 4.78 is 39.2. The zero-order valence-corrected chi connectivity index (χ0v) is 13.8. The maximum absolute atomic E-state index is 12.2. The van der Waals surface area contributed by atoms with Crippen molar-refractivity contribution in [3.63, 3.8) is 0 Å². The van der Waals surface area contributed by atoms with Crippen molar-refractivity contribution in [3.05, 3.63) is 59.7 Å². The number of nitriles is 1. The summed E-state index contributed by atoms with van der Waals surface area (Å²) >= 11 is 0. The minimum Gasteiger partial charge on any atom is -0.493 e. The fourth-order valence-corrected chi connectivity index (χ4v) is 2.11. The average molecular weight is 359 g/mol. The van der Waals surface area contributed by atoms with Gasteiger partial charge in [0.2, 0.25) is 0 Å². The molecule has 0 bridgehead atoms. The quantitative estimate of drug-likeness (QED) is 0.524. The average Bonchev–Trinajstić information content (AvgIpc) is 2.64. The van der Waals surface area contributed by atoms with Gasteiger partial charge in [0.05, 0.1) is 7.11 Å². The van der Waals surface area contributed by atoms with Crippen LogP contribution in [0.15, 0.2) is 48.5 Å². The molecular weight excluding hydrogens is 344 g/mol. The molecule has 0 unspecified atom stereocenters. The van der Waals surface area contributed by atoms with Gasteiger partial charge in [0.25, 0.3) is 0 Å². The molecule has 0 atom stereocenters. The molecule has 0 saturated carbocycles. The first-order valence-electron chi connectivity index (χ1n) is 7.48. The topological polar surface area (TPSA) is 68.6 Å². The lowest BCUT2D eigenvalue weighted by atomic mass is 10.1. The minimum atomic E-state index is -2.95. The van der Waals surface area contributed by atoms with Gasteiger partial charge in [-0.15, -0.1) is 0 Å². The van der Waals surface area contributed by atoms with Crippen LogP contribution in [-0.2, 0) is 0 Å². The molecule has 0 heterocycles. The second-order valence-corrected chi connectivity index (χ2v) is 4.96. The van der Waals surface area contributed by atoms with Gasteiger partial charge in [0.15, 0.2) is 23.9 Å². The normalized spacial score (nSPS) is 10.6. The molecule has 7 heteroatoms. The molecular formula is C19H15F2NO4. The number of carbonyl (C=O) groups is 1. The molecule has 0 N–H and O–H groups in total. The second kappa shape index (κ2) is 9.18. The predicted octanol–water partition coefficient (Wildman–Crippen LogP) is 4.10. The number of ketones is 1. The van der Waals surface area contributed by atoms with Gasteiger partial charge in [-0.1, -0.05) is 24.3 Å². The lowest BCUT2D eigenvalue weighted by Crippen LogP contribution is -2.03. The van der Waals surface area contributed by atoms with Crippen LogP contribution in [0.25, 0.3) is 6.08 Å². The van der Waals surface area contributed by atoms with Crippen molar-refractivity contribution in [3.8, 4) is 23.3 Å². The Bertz CT molecular complexity index is 844. The number of methoxy groups -OCH3 is 1. The highest BCUT2D eigenvalue weighted by atomic mass is 19.3. The highest BCUT2D eigenvalue weighted by molar-refractivity contribution is 6.07. The van der Waals surface area contributed by atoms with Crippen LogP contribution in [-0.4, -0.2) is 26.1 Å². The first-order valence-corrected chi connectivity index (χ1v) is 7.48. The standard InChI is InChI=1S/C19H15F2NO4/c1-24-18-11-13(6-8-17(18)25-10-9-22)5-7-16(23)14-3-2-4-15(12-14)26-19(20)21/h2-8,11-12,19H,10H2,1H3/b7-5+. The van der Waals surface area contributed by atoms with Crippen molar-refractivity contribution in [1.29, 1.82) is 5.26 Å². The highest BCUT2D eigenvalue weighted by Gasteiger charge is 2.08. The number of ether oxygens (including phenoxy) is 3. The number of halogens is 2. The summed E-state index contributed by atoms with van der Waals surface area (Å²) in [4.78, 5) is 12.2. The van der Waals surface area contributed by atoms with Crippen LogP contribution in [0, 0.1) is 11.3 Å². The van der Waals surface area contributed by atoms with Gasteiger partial charge in [-0.3, -0.25) is 4.79 Å². The van der Waals surface area contributed by atoms with E-state index in [1.165, 1.54) is 37.5 Å². The Balaban J connectivity index is 2.14. The summed E-state index contributed by atoms with van der Waals surface area (Å²) in [7, 11) is 1.46. The molecule has 2 aromatic rings. The van der Waals surface area contributed by atoms with Gasteiger partial charge >= 0.3 is 6.61 Å². The molecule has 0 amide bonds. The fourth-order valence-electron chi connectivity index (χ4n) is 2.11. The monoisotopic (exact) mass is 359 g/mol. The molecule has 0 radical (unpaired) electrons. The van der Waals surface area contributed by atoms with E-state index in [1.54, 1.807) is 24.3 Å². The van der Waals surface area contributed by atoms with Crippen LogP contribution in [0.4, 0.5) is 8.78 Å². The number of benzene rings is 2. The predicted molar refractivity (Wildman–Crippen MR) is 90.5 cm³/mol. The van der Waals surface area contributed by atoms with Crippen molar-refractivity contribution < 1.29 is 27.8 Å². The van der Waals surface area contributed by atoms with Crippen LogP contribution in [0.5, 0.6) is 17.2 Å². The van der Waals surface area contributed by atoms with Gasteiger partial charge in [-0.05, 0) is 35.9 Å². The Hall–Kier alpha value is -3.40. The molecule has 0 aromatic heterocycles. The Kier molecular flexibility index (Phi) is 6.68. The van der Waals surface area contributed by atoms with E-state index in [0.29, 0.717) is 17.1 Å². The van der Waals surface area contributed by atoms with E-state index in [-0.39, 0.29) is 23.7 Å². The fraction of sp³-hybridized carbons (Fsp3) is 0.158. The first kappa shape index (κ1) is 18.9. The molecule has 2 aromatic carbocycles. The molecule has 2 rings (SSSR count). The molecule has 26 heavy (non-hydrogen) atoms. The van der Waals surface area contributed by atoms with E-state index in [2.05, 4.69) is 4.74 Å². The van der Waals surface area contributed by atoms with E-state index in [0.717, 1.165) is 0 Å². The molecule has 0 aliphatic rings. The number of rotatable bonds is 8. The lowest BCUT2D eigenvalue weighted by Gasteiger charge is -2.08. The number of alkyl halides is 2. The van der Waals surface area contributed by atoms with E-state index in [1.807, 2.05) is 6.07 Å². The Morgan fingerprint density at radius 3 is 2.73 bits per heavy atom. The third-order valence-corrected chi connectivity index (χ3v) is 3.25. The molecule has 0 spiro atoms. The first-order chi connectivity index (χ1) is 12.5. The molecule has 0 aliphatic heterocycles. The van der Waals surface area contributed by atoms with Gasteiger partial charge in [-0.2, -0.15) is 14.0 Å². The zero-order valence-electron chi connectivity index (χ0n) is 13.8. The van der Waals surface area contributed by atoms with E-state index < -0.39 is 6.61 Å². The van der Waals surface area contributed by atoms with Gasteiger partial charge in [0.1, 0.15) is 11.8 Å². The molecule has 0 aliphatic carbocycles. The number of carbonyl (C=O) groups excluding carboxylic acids is 1. The molecule has 134 valence electrons. The van der Waals surface area contributed by atoms with Crippen molar-refractivity contribution in [2.45, 2.75) is 6.61 Å². The molecule has 0 fully saturated rings. The summed E-state index contributed by atoms with van der Waals surface area (Å²) in [6, 6.07) is 12.4. The summed E-state index contributed by atoms with van der Waals surface area (Å²) in [5.74, 6) is 0.380. The van der Waals surface area contributed by atoms with Crippen LogP contribution >= 0.6 is 0 Å². The van der Waals surface area contributed by atoms with Gasteiger partial charge < -0.3 is 14.2 Å². The Morgan fingerprint density at radius 2 is 2.04 bits per heavy atom. The maximum atomic E-state index is 12.2.